The maximum Gasteiger partial charge on any atom is 0.122 e. The first-order valence-corrected chi connectivity index (χ1v) is 5.41. The van der Waals surface area contributed by atoms with Crippen LogP contribution in [-0.2, 0) is 12.3 Å². The molecule has 0 saturated heterocycles. The Kier molecular flexibility index (Phi) is 2.73. The topological polar surface area (TPSA) is 28.7 Å². The lowest BCUT2D eigenvalue weighted by atomic mass is 10.1. The number of H-pyrrole nitrogens is 1. The molecule has 74 valence electrons. The Bertz CT molecular complexity index is 434. The molecule has 1 N–H and O–H groups in total. The first-order chi connectivity index (χ1) is 6.85. The third kappa shape index (κ3) is 1.62. The first-order valence-electron chi connectivity index (χ1n) is 4.87. The number of aromatic nitrogens is 2. The zero-order valence-electron chi connectivity index (χ0n) is 8.18. The number of nitrogens with zero attached hydrogens (tertiary/aromatic N) is 1. The lowest BCUT2D eigenvalue weighted by molar-refractivity contribution is 0.926. The average Bonchev–Trinajstić information content (AvgIpc) is 2.62. The van der Waals surface area contributed by atoms with E-state index in [0.717, 1.165) is 29.7 Å². The number of halogens is 1. The Labute approximate surface area is 88.3 Å². The summed E-state index contributed by atoms with van der Waals surface area (Å²) in [5, 5.41) is 0. The number of imidazole rings is 1. The first kappa shape index (κ1) is 9.53. The molecular weight excluding hydrogens is 196 g/mol. The van der Waals surface area contributed by atoms with Gasteiger partial charge in [-0.3, -0.25) is 0 Å². The zero-order valence-corrected chi connectivity index (χ0v) is 8.93. The van der Waals surface area contributed by atoms with Gasteiger partial charge in [-0.25, -0.2) is 4.98 Å². The van der Waals surface area contributed by atoms with Crippen LogP contribution in [0.4, 0.5) is 0 Å². The van der Waals surface area contributed by atoms with Gasteiger partial charge in [0.1, 0.15) is 5.82 Å². The van der Waals surface area contributed by atoms with Gasteiger partial charge in [0.05, 0.1) is 16.9 Å². The molecule has 0 saturated carbocycles. The van der Waals surface area contributed by atoms with Crippen molar-refractivity contribution in [2.45, 2.75) is 25.6 Å². The Morgan fingerprint density at radius 1 is 1.43 bits per heavy atom. The highest BCUT2D eigenvalue weighted by atomic mass is 35.5. The predicted molar refractivity (Wildman–Crippen MR) is 59.6 cm³/mol. The molecule has 2 rings (SSSR count). The van der Waals surface area contributed by atoms with Crippen LogP contribution in [0.1, 0.15) is 24.7 Å². The van der Waals surface area contributed by atoms with Gasteiger partial charge >= 0.3 is 0 Å². The minimum absolute atomic E-state index is 0.445. The molecule has 0 fully saturated rings. The van der Waals surface area contributed by atoms with Crippen LogP contribution >= 0.6 is 11.6 Å². The van der Waals surface area contributed by atoms with Crippen molar-refractivity contribution in [2.75, 3.05) is 0 Å². The van der Waals surface area contributed by atoms with Crippen LogP contribution in [-0.4, -0.2) is 9.97 Å². The van der Waals surface area contributed by atoms with Crippen LogP contribution in [0, 0.1) is 0 Å². The van der Waals surface area contributed by atoms with Crippen LogP contribution in [0.2, 0.25) is 0 Å². The Balaban J connectivity index is 2.55. The summed E-state index contributed by atoms with van der Waals surface area (Å²) in [7, 11) is 0. The summed E-state index contributed by atoms with van der Waals surface area (Å²) < 4.78 is 0. The predicted octanol–water partition coefficient (Wildman–Crippen LogP) is 3.25. The van der Waals surface area contributed by atoms with Crippen molar-refractivity contribution in [3.8, 4) is 0 Å². The van der Waals surface area contributed by atoms with E-state index < -0.39 is 0 Å². The third-order valence-electron chi connectivity index (χ3n) is 2.29. The molecule has 0 unspecified atom stereocenters. The minimum Gasteiger partial charge on any atom is -0.341 e. The van der Waals surface area contributed by atoms with Crippen molar-refractivity contribution >= 4 is 22.6 Å². The number of hydrogen-bond donors (Lipinski definition) is 1. The van der Waals surface area contributed by atoms with Crippen molar-refractivity contribution in [2.24, 2.45) is 0 Å². The van der Waals surface area contributed by atoms with Crippen LogP contribution in [0.5, 0.6) is 0 Å². The van der Waals surface area contributed by atoms with E-state index in [1.54, 1.807) is 0 Å². The Hall–Kier alpha value is -1.02. The van der Waals surface area contributed by atoms with Crippen LogP contribution in [0.25, 0.3) is 11.0 Å². The average molecular weight is 209 g/mol. The van der Waals surface area contributed by atoms with Gasteiger partial charge in [-0.2, -0.15) is 0 Å². The molecule has 0 aliphatic rings. The number of rotatable bonds is 3. The summed E-state index contributed by atoms with van der Waals surface area (Å²) in [5.74, 6) is 1.30. The Morgan fingerprint density at radius 3 is 3.00 bits per heavy atom. The van der Waals surface area contributed by atoms with Crippen LogP contribution in [0.3, 0.4) is 0 Å². The number of aromatic amines is 1. The van der Waals surface area contributed by atoms with Gasteiger partial charge < -0.3 is 4.98 Å². The SMILES string of the molecule is CCCc1cccc2[nH]c(CCl)nc12. The summed E-state index contributed by atoms with van der Waals surface area (Å²) in [6.45, 7) is 2.17. The van der Waals surface area contributed by atoms with E-state index in [1.165, 1.54) is 5.56 Å². The van der Waals surface area contributed by atoms with E-state index in [2.05, 4.69) is 29.0 Å². The second-order valence-corrected chi connectivity index (χ2v) is 3.65. The number of fused-ring (bicyclic) bond motifs is 1. The summed E-state index contributed by atoms with van der Waals surface area (Å²) in [4.78, 5) is 7.66. The molecular formula is C11H13ClN2. The summed E-state index contributed by atoms with van der Waals surface area (Å²) in [6.07, 6.45) is 2.21. The number of benzene rings is 1. The van der Waals surface area contributed by atoms with E-state index in [9.17, 15) is 0 Å². The smallest absolute Gasteiger partial charge is 0.122 e. The molecule has 1 aromatic carbocycles. The summed E-state index contributed by atoms with van der Waals surface area (Å²) >= 11 is 5.73. The van der Waals surface area contributed by atoms with E-state index in [1.807, 2.05) is 6.07 Å². The normalized spacial score (nSPS) is 11.0. The van der Waals surface area contributed by atoms with Crippen molar-refractivity contribution in [3.05, 3.63) is 29.6 Å². The van der Waals surface area contributed by atoms with Crippen molar-refractivity contribution in [1.29, 1.82) is 0 Å². The summed E-state index contributed by atoms with van der Waals surface area (Å²) in [5.41, 5.74) is 3.47. The molecule has 0 atom stereocenters. The molecule has 0 aliphatic carbocycles. The molecule has 2 nitrogen and oxygen atoms in total. The summed E-state index contributed by atoms with van der Waals surface area (Å²) in [6, 6.07) is 6.23. The standard InChI is InChI=1S/C11H13ClN2/c1-2-4-8-5-3-6-9-11(8)14-10(7-12)13-9/h3,5-6H,2,4,7H2,1H3,(H,13,14). The van der Waals surface area contributed by atoms with Gasteiger partial charge in [-0.05, 0) is 18.1 Å². The lowest BCUT2D eigenvalue weighted by Gasteiger charge is -1.98. The molecule has 1 heterocycles. The van der Waals surface area contributed by atoms with Gasteiger partial charge in [0.25, 0.3) is 0 Å². The molecule has 0 aliphatic heterocycles. The molecule has 0 amide bonds. The fourth-order valence-corrected chi connectivity index (χ4v) is 1.80. The van der Waals surface area contributed by atoms with Gasteiger partial charge in [0, 0.05) is 0 Å². The highest BCUT2D eigenvalue weighted by Gasteiger charge is 2.05. The molecule has 2 aromatic rings. The largest absolute Gasteiger partial charge is 0.341 e. The van der Waals surface area contributed by atoms with Gasteiger partial charge in [0.15, 0.2) is 0 Å². The molecule has 0 spiro atoms. The maximum absolute atomic E-state index is 5.73. The number of alkyl halides is 1. The molecule has 0 radical (unpaired) electrons. The van der Waals surface area contributed by atoms with Crippen molar-refractivity contribution in [1.82, 2.24) is 9.97 Å². The second-order valence-electron chi connectivity index (χ2n) is 3.38. The second kappa shape index (κ2) is 4.01. The van der Waals surface area contributed by atoms with Crippen molar-refractivity contribution in [3.63, 3.8) is 0 Å². The van der Waals surface area contributed by atoms with Gasteiger partial charge in [-0.1, -0.05) is 25.5 Å². The fraction of sp³-hybridized carbons (Fsp3) is 0.364. The quantitative estimate of drug-likeness (QED) is 0.771. The highest BCUT2D eigenvalue weighted by molar-refractivity contribution is 6.16. The molecule has 3 heteroatoms. The van der Waals surface area contributed by atoms with Crippen molar-refractivity contribution < 1.29 is 0 Å². The highest BCUT2D eigenvalue weighted by Crippen LogP contribution is 2.18. The monoisotopic (exact) mass is 208 g/mol. The minimum atomic E-state index is 0.445. The molecule has 0 bridgehead atoms. The lowest BCUT2D eigenvalue weighted by Crippen LogP contribution is -1.85. The fourth-order valence-electron chi connectivity index (χ4n) is 1.68. The number of hydrogen-bond acceptors (Lipinski definition) is 1. The maximum atomic E-state index is 5.73. The van der Waals surface area contributed by atoms with Crippen LogP contribution in [0.15, 0.2) is 18.2 Å². The third-order valence-corrected chi connectivity index (χ3v) is 2.54. The molecule has 14 heavy (non-hydrogen) atoms. The van der Waals surface area contributed by atoms with E-state index in [0.29, 0.717) is 5.88 Å². The van der Waals surface area contributed by atoms with Crippen LogP contribution < -0.4 is 0 Å². The number of aryl methyl sites for hydroxylation is 1. The number of nitrogens with one attached hydrogen (secondary N) is 1. The zero-order chi connectivity index (χ0) is 9.97. The van der Waals surface area contributed by atoms with E-state index in [-0.39, 0.29) is 0 Å². The molecule has 1 aromatic heterocycles. The van der Waals surface area contributed by atoms with E-state index >= 15 is 0 Å². The van der Waals surface area contributed by atoms with Gasteiger partial charge in [-0.15, -0.1) is 11.6 Å². The van der Waals surface area contributed by atoms with Gasteiger partial charge in [0.2, 0.25) is 0 Å². The van der Waals surface area contributed by atoms with E-state index in [4.69, 9.17) is 11.6 Å². The Morgan fingerprint density at radius 2 is 2.29 bits per heavy atom. The number of para-hydroxylation sites is 1.